The minimum Gasteiger partial charge on any atom is -0.396 e. The van der Waals surface area contributed by atoms with Gasteiger partial charge in [0.1, 0.15) is 0 Å². The van der Waals surface area contributed by atoms with Gasteiger partial charge in [-0.05, 0) is 56.7 Å². The molecule has 0 bridgehead atoms. The van der Waals surface area contributed by atoms with Crippen molar-refractivity contribution < 1.29 is 9.90 Å². The van der Waals surface area contributed by atoms with Crippen LogP contribution in [0.25, 0.3) is 0 Å². The van der Waals surface area contributed by atoms with Gasteiger partial charge in [-0.15, -0.1) is 0 Å². The van der Waals surface area contributed by atoms with Crippen molar-refractivity contribution in [2.75, 3.05) is 26.2 Å². The van der Waals surface area contributed by atoms with Crippen molar-refractivity contribution in [3.05, 3.63) is 35.9 Å². The van der Waals surface area contributed by atoms with Crippen molar-refractivity contribution in [3.63, 3.8) is 0 Å². The highest BCUT2D eigenvalue weighted by molar-refractivity contribution is 5.79. The molecule has 1 aromatic carbocycles. The molecule has 3 rings (SSSR count). The van der Waals surface area contributed by atoms with E-state index in [0.717, 1.165) is 38.8 Å². The minimum atomic E-state index is -0.137. The molecule has 4 nitrogen and oxygen atoms in total. The molecular formula is C18H26N2O2. The first-order valence-corrected chi connectivity index (χ1v) is 8.42. The van der Waals surface area contributed by atoms with E-state index in [0.29, 0.717) is 12.5 Å². The quantitative estimate of drug-likeness (QED) is 0.873. The van der Waals surface area contributed by atoms with Crippen LogP contribution in [0.2, 0.25) is 0 Å². The summed E-state index contributed by atoms with van der Waals surface area (Å²) >= 11 is 0. The monoisotopic (exact) mass is 302 g/mol. The van der Waals surface area contributed by atoms with E-state index in [-0.39, 0.29) is 18.1 Å². The molecule has 2 fully saturated rings. The van der Waals surface area contributed by atoms with Gasteiger partial charge >= 0.3 is 0 Å². The summed E-state index contributed by atoms with van der Waals surface area (Å²) in [4.78, 5) is 14.6. The summed E-state index contributed by atoms with van der Waals surface area (Å²) in [5, 5.41) is 12.5. The predicted molar refractivity (Wildman–Crippen MR) is 86.4 cm³/mol. The van der Waals surface area contributed by atoms with E-state index in [1.807, 2.05) is 18.2 Å². The van der Waals surface area contributed by atoms with E-state index in [1.54, 1.807) is 0 Å². The third-order valence-corrected chi connectivity index (χ3v) is 5.24. The second-order valence-electron chi connectivity index (χ2n) is 6.75. The molecule has 1 aliphatic heterocycles. The molecule has 1 saturated heterocycles. The fourth-order valence-corrected chi connectivity index (χ4v) is 3.61. The number of carbonyl (C=O) groups excluding carboxylic acids is 1. The van der Waals surface area contributed by atoms with Crippen LogP contribution in [0.3, 0.4) is 0 Å². The van der Waals surface area contributed by atoms with Gasteiger partial charge in [0, 0.05) is 6.61 Å². The Labute approximate surface area is 132 Å². The number of rotatable bonds is 5. The second kappa shape index (κ2) is 6.80. The molecule has 2 aliphatic rings. The molecule has 2 N–H and O–H groups in total. The SMILES string of the molecule is O=C(CN1CCC(CO)CC1)NC1(c2ccccc2)CCC1. The number of hydrogen-bond acceptors (Lipinski definition) is 3. The standard InChI is InChI=1S/C18H26N2O2/c21-14-15-7-11-20(12-8-15)13-17(22)19-18(9-4-10-18)16-5-2-1-3-6-16/h1-3,5-6,15,21H,4,7-14H2,(H,19,22). The average molecular weight is 302 g/mol. The number of likely N-dealkylation sites (tertiary alicyclic amines) is 1. The van der Waals surface area contributed by atoms with Gasteiger partial charge in [0.25, 0.3) is 0 Å². The second-order valence-corrected chi connectivity index (χ2v) is 6.75. The molecule has 0 atom stereocenters. The van der Waals surface area contributed by atoms with E-state index in [1.165, 1.54) is 12.0 Å². The number of carbonyl (C=O) groups is 1. The fourth-order valence-electron chi connectivity index (χ4n) is 3.61. The van der Waals surface area contributed by atoms with Gasteiger partial charge < -0.3 is 10.4 Å². The van der Waals surface area contributed by atoms with Gasteiger partial charge in [-0.3, -0.25) is 9.69 Å². The first kappa shape index (κ1) is 15.5. The molecule has 4 heteroatoms. The number of aliphatic hydroxyl groups is 1. The molecule has 0 spiro atoms. The fraction of sp³-hybridized carbons (Fsp3) is 0.611. The molecule has 0 radical (unpaired) electrons. The topological polar surface area (TPSA) is 52.6 Å². The Hall–Kier alpha value is -1.39. The van der Waals surface area contributed by atoms with Gasteiger partial charge in [-0.2, -0.15) is 0 Å². The van der Waals surface area contributed by atoms with Crippen molar-refractivity contribution >= 4 is 5.91 Å². The van der Waals surface area contributed by atoms with Crippen molar-refractivity contribution in [1.29, 1.82) is 0 Å². The summed E-state index contributed by atoms with van der Waals surface area (Å²) in [6, 6.07) is 10.3. The number of nitrogens with one attached hydrogen (secondary N) is 1. The summed E-state index contributed by atoms with van der Waals surface area (Å²) < 4.78 is 0. The summed E-state index contributed by atoms with van der Waals surface area (Å²) in [7, 11) is 0. The largest absolute Gasteiger partial charge is 0.396 e. The lowest BCUT2D eigenvalue weighted by Crippen LogP contribution is -2.53. The molecule has 1 aliphatic carbocycles. The minimum absolute atomic E-state index is 0.131. The maximum absolute atomic E-state index is 12.4. The van der Waals surface area contributed by atoms with Crippen LogP contribution in [0, 0.1) is 5.92 Å². The van der Waals surface area contributed by atoms with Crippen LogP contribution in [-0.2, 0) is 10.3 Å². The highest BCUT2D eigenvalue weighted by Gasteiger charge is 2.40. The number of amides is 1. The smallest absolute Gasteiger partial charge is 0.234 e. The molecule has 120 valence electrons. The third kappa shape index (κ3) is 3.33. The zero-order valence-corrected chi connectivity index (χ0v) is 13.1. The maximum atomic E-state index is 12.4. The van der Waals surface area contributed by atoms with Gasteiger partial charge in [0.05, 0.1) is 12.1 Å². The Balaban J connectivity index is 1.55. The van der Waals surface area contributed by atoms with E-state index in [9.17, 15) is 9.90 Å². The first-order valence-electron chi connectivity index (χ1n) is 8.42. The Kier molecular flexibility index (Phi) is 4.79. The summed E-state index contributed by atoms with van der Waals surface area (Å²) in [5.41, 5.74) is 1.09. The van der Waals surface area contributed by atoms with Crippen LogP contribution in [0.15, 0.2) is 30.3 Å². The van der Waals surface area contributed by atoms with Gasteiger partial charge in [0.2, 0.25) is 5.91 Å². The zero-order chi connectivity index (χ0) is 15.4. The molecular weight excluding hydrogens is 276 g/mol. The van der Waals surface area contributed by atoms with Crippen LogP contribution in [-0.4, -0.2) is 42.2 Å². The van der Waals surface area contributed by atoms with Gasteiger partial charge in [0.15, 0.2) is 0 Å². The van der Waals surface area contributed by atoms with Crippen LogP contribution < -0.4 is 5.32 Å². The van der Waals surface area contributed by atoms with Crippen LogP contribution >= 0.6 is 0 Å². The summed E-state index contributed by atoms with van der Waals surface area (Å²) in [5.74, 6) is 0.549. The van der Waals surface area contributed by atoms with E-state index >= 15 is 0 Å². The zero-order valence-electron chi connectivity index (χ0n) is 13.1. The highest BCUT2D eigenvalue weighted by atomic mass is 16.3. The number of aliphatic hydroxyl groups excluding tert-OH is 1. The van der Waals surface area contributed by atoms with E-state index < -0.39 is 0 Å². The predicted octanol–water partition coefficient (Wildman–Crippen LogP) is 1.89. The maximum Gasteiger partial charge on any atom is 0.234 e. The lowest BCUT2D eigenvalue weighted by molar-refractivity contribution is -0.125. The molecule has 1 saturated carbocycles. The van der Waals surface area contributed by atoms with Crippen molar-refractivity contribution in [2.24, 2.45) is 5.92 Å². The van der Waals surface area contributed by atoms with Crippen LogP contribution in [0.4, 0.5) is 0 Å². The van der Waals surface area contributed by atoms with E-state index in [4.69, 9.17) is 0 Å². The van der Waals surface area contributed by atoms with Crippen LogP contribution in [0.5, 0.6) is 0 Å². The molecule has 1 aromatic rings. The first-order chi connectivity index (χ1) is 10.7. The van der Waals surface area contributed by atoms with Gasteiger partial charge in [-0.1, -0.05) is 30.3 Å². The molecule has 1 amide bonds. The highest BCUT2D eigenvalue weighted by Crippen LogP contribution is 2.41. The molecule has 22 heavy (non-hydrogen) atoms. The van der Waals surface area contributed by atoms with Crippen molar-refractivity contribution in [1.82, 2.24) is 10.2 Å². The lowest BCUT2D eigenvalue weighted by Gasteiger charge is -2.43. The molecule has 0 unspecified atom stereocenters. The molecule has 1 heterocycles. The number of nitrogens with zero attached hydrogens (tertiary/aromatic N) is 1. The van der Waals surface area contributed by atoms with Crippen LogP contribution in [0.1, 0.15) is 37.7 Å². The molecule has 0 aromatic heterocycles. The lowest BCUT2D eigenvalue weighted by atomic mass is 9.72. The Bertz CT molecular complexity index is 491. The Morgan fingerprint density at radius 2 is 1.91 bits per heavy atom. The Morgan fingerprint density at radius 1 is 1.23 bits per heavy atom. The normalized spacial score (nSPS) is 22.0. The average Bonchev–Trinajstić information content (AvgIpc) is 2.52. The Morgan fingerprint density at radius 3 is 2.45 bits per heavy atom. The van der Waals surface area contributed by atoms with Crippen molar-refractivity contribution in [2.45, 2.75) is 37.6 Å². The van der Waals surface area contributed by atoms with E-state index in [2.05, 4.69) is 22.3 Å². The van der Waals surface area contributed by atoms with Gasteiger partial charge in [-0.25, -0.2) is 0 Å². The summed E-state index contributed by atoms with van der Waals surface area (Å²) in [6.45, 7) is 2.58. The summed E-state index contributed by atoms with van der Waals surface area (Å²) in [6.07, 6.45) is 5.24. The van der Waals surface area contributed by atoms with Crippen molar-refractivity contribution in [3.8, 4) is 0 Å². The number of benzene rings is 1. The number of piperidine rings is 1. The third-order valence-electron chi connectivity index (χ3n) is 5.24. The number of hydrogen-bond donors (Lipinski definition) is 2.